The first-order valence-corrected chi connectivity index (χ1v) is 7.19. The van der Waals surface area contributed by atoms with Crippen LogP contribution in [-0.2, 0) is 29.0 Å². The van der Waals surface area contributed by atoms with Crippen LogP contribution in [0.15, 0.2) is 0 Å². The average Bonchev–Trinajstić information content (AvgIpc) is 2.60. The standard InChI is InChI=1S/C8H20N.C4H4BF2O7/c1-5-9(6-2,7-3)8-4;6-1-3(8)11-13-5(10)14-12-4(9)2-7/h5-8H2,1-4H3;1-2H2/q+1;-1. The third kappa shape index (κ3) is 11.9. The first-order valence-electron chi connectivity index (χ1n) is 7.19. The molecule has 0 atom stereocenters. The summed E-state index contributed by atoms with van der Waals surface area (Å²) in [5.41, 5.74) is 0. The topological polar surface area (TPSA) is 94.1 Å². The molecule has 0 rings (SSSR count). The number of rotatable bonds is 10. The van der Waals surface area contributed by atoms with E-state index in [9.17, 15) is 23.4 Å². The van der Waals surface area contributed by atoms with E-state index >= 15 is 0 Å². The van der Waals surface area contributed by atoms with Crippen molar-refractivity contribution in [2.24, 2.45) is 0 Å². The quantitative estimate of drug-likeness (QED) is 0.240. The maximum atomic E-state index is 11.4. The smallest absolute Gasteiger partial charge is 0.463 e. The minimum Gasteiger partial charge on any atom is -0.826 e. The number of carbonyl (C=O) groups excluding carboxylic acids is 2. The van der Waals surface area contributed by atoms with Gasteiger partial charge in [-0.2, -0.15) is 0 Å². The number of alkyl halides is 2. The highest BCUT2D eigenvalue weighted by Crippen LogP contribution is 2.03. The van der Waals surface area contributed by atoms with Gasteiger partial charge in [0.2, 0.25) is 0 Å². The molecule has 0 aliphatic heterocycles. The van der Waals surface area contributed by atoms with Gasteiger partial charge in [0.15, 0.2) is 13.3 Å². The van der Waals surface area contributed by atoms with Gasteiger partial charge in [0.25, 0.3) is 0 Å². The molecule has 0 amide bonds. The second kappa shape index (κ2) is 14.3. The lowest BCUT2D eigenvalue weighted by atomic mass is 10.3. The molecule has 0 heterocycles. The van der Waals surface area contributed by atoms with Gasteiger partial charge in [-0.3, -0.25) is 0 Å². The van der Waals surface area contributed by atoms with Gasteiger partial charge in [-0.15, -0.1) is 0 Å². The van der Waals surface area contributed by atoms with Crippen LogP contribution in [0.1, 0.15) is 27.7 Å². The largest absolute Gasteiger partial charge is 0.826 e. The van der Waals surface area contributed by atoms with Crippen LogP contribution >= 0.6 is 0 Å². The second-order valence-corrected chi connectivity index (χ2v) is 4.27. The van der Waals surface area contributed by atoms with E-state index in [0.717, 1.165) is 0 Å². The van der Waals surface area contributed by atoms with Gasteiger partial charge < -0.3 is 19.3 Å². The Hall–Kier alpha value is -1.30. The van der Waals surface area contributed by atoms with E-state index in [1.54, 1.807) is 0 Å². The summed E-state index contributed by atoms with van der Waals surface area (Å²) in [6, 6.07) is 0. The molecule has 136 valence electrons. The Bertz CT molecular complexity index is 295. The number of nitrogens with zero attached hydrogens (tertiary/aromatic N) is 1. The Morgan fingerprint density at radius 3 is 1.35 bits per heavy atom. The highest BCUT2D eigenvalue weighted by atomic mass is 19.1. The minimum atomic E-state index is -2.53. The molecule has 0 N–H and O–H groups in total. The molecule has 0 unspecified atom stereocenters. The van der Waals surface area contributed by atoms with E-state index in [1.807, 2.05) is 0 Å². The molecule has 0 aromatic heterocycles. The fourth-order valence-electron chi connectivity index (χ4n) is 1.59. The summed E-state index contributed by atoms with van der Waals surface area (Å²) in [4.78, 5) is 34.1. The maximum Gasteiger partial charge on any atom is 0.463 e. The summed E-state index contributed by atoms with van der Waals surface area (Å²) in [6.45, 7) is 11.2. The minimum absolute atomic E-state index is 1.28. The fraction of sp³-hybridized carbons (Fsp3) is 0.833. The van der Waals surface area contributed by atoms with E-state index < -0.39 is 32.6 Å². The molecule has 0 aromatic rings. The van der Waals surface area contributed by atoms with Gasteiger partial charge >= 0.3 is 19.3 Å². The van der Waals surface area contributed by atoms with Crippen LogP contribution in [0.5, 0.6) is 0 Å². The van der Waals surface area contributed by atoms with Gasteiger partial charge in [0.05, 0.1) is 26.2 Å². The van der Waals surface area contributed by atoms with Crippen LogP contribution in [0, 0.1) is 0 Å². The van der Waals surface area contributed by atoms with Crippen LogP contribution in [0.25, 0.3) is 0 Å². The molecule has 0 aromatic carbocycles. The summed E-state index contributed by atoms with van der Waals surface area (Å²) in [7, 11) is -2.53. The van der Waals surface area contributed by atoms with Crippen LogP contribution < -0.4 is 5.02 Å². The van der Waals surface area contributed by atoms with Gasteiger partial charge in [-0.1, -0.05) is 0 Å². The monoisotopic (exact) mass is 343 g/mol. The normalized spacial score (nSPS) is 10.4. The lowest BCUT2D eigenvalue weighted by Gasteiger charge is -2.34. The van der Waals surface area contributed by atoms with E-state index in [2.05, 4.69) is 47.1 Å². The Morgan fingerprint density at radius 1 is 0.870 bits per heavy atom. The van der Waals surface area contributed by atoms with Crippen molar-refractivity contribution in [1.29, 1.82) is 0 Å². The van der Waals surface area contributed by atoms with E-state index in [4.69, 9.17) is 0 Å². The number of hydrogen-bond acceptors (Lipinski definition) is 7. The molecule has 0 saturated heterocycles. The van der Waals surface area contributed by atoms with Gasteiger partial charge in [-0.25, -0.2) is 28.0 Å². The fourth-order valence-corrected chi connectivity index (χ4v) is 1.59. The van der Waals surface area contributed by atoms with Crippen LogP contribution in [-0.4, -0.2) is 63.3 Å². The third-order valence-corrected chi connectivity index (χ3v) is 3.34. The second-order valence-electron chi connectivity index (χ2n) is 4.27. The molecular weight excluding hydrogens is 319 g/mol. The third-order valence-electron chi connectivity index (χ3n) is 3.34. The molecule has 11 heteroatoms. The zero-order valence-corrected chi connectivity index (χ0v) is 13.9. The van der Waals surface area contributed by atoms with Gasteiger partial charge in [0, 0.05) is 0 Å². The molecule has 0 bridgehead atoms. The molecule has 0 radical (unpaired) electrons. The number of hydrogen-bond donors (Lipinski definition) is 0. The molecule has 0 aliphatic carbocycles. The highest BCUT2D eigenvalue weighted by Gasteiger charge is 2.16. The van der Waals surface area contributed by atoms with Crippen molar-refractivity contribution < 1.29 is 47.3 Å². The summed E-state index contributed by atoms with van der Waals surface area (Å²) < 4.78 is 24.0. The SMILES string of the molecule is CC[N+](CC)(CC)CC.O=C(CF)OOB([O-])OOC(=O)CF. The average molecular weight is 343 g/mol. The molecule has 0 fully saturated rings. The molecule has 8 nitrogen and oxygen atoms in total. The summed E-state index contributed by atoms with van der Waals surface area (Å²) in [5, 5.41) is 10.3. The van der Waals surface area contributed by atoms with Crippen molar-refractivity contribution in [3.8, 4) is 0 Å². The molecule has 23 heavy (non-hydrogen) atoms. The van der Waals surface area contributed by atoms with Crippen molar-refractivity contribution in [2.45, 2.75) is 27.7 Å². The van der Waals surface area contributed by atoms with Crippen LogP contribution in [0.3, 0.4) is 0 Å². The Kier molecular flexibility index (Phi) is 14.9. The Balaban J connectivity index is 0. The first kappa shape index (κ1) is 24.0. The molecule has 0 aliphatic rings. The van der Waals surface area contributed by atoms with Crippen molar-refractivity contribution in [3.63, 3.8) is 0 Å². The maximum absolute atomic E-state index is 11.4. The lowest BCUT2D eigenvalue weighted by molar-refractivity contribution is -0.921. The zero-order valence-electron chi connectivity index (χ0n) is 13.9. The lowest BCUT2D eigenvalue weighted by Crippen LogP contribution is -2.47. The van der Waals surface area contributed by atoms with Crippen LogP contribution in [0.2, 0.25) is 0 Å². The van der Waals surface area contributed by atoms with Gasteiger partial charge in [-0.05, 0) is 27.7 Å². The predicted octanol–water partition coefficient (Wildman–Crippen LogP) is 0.103. The number of halogens is 2. The Morgan fingerprint density at radius 2 is 1.17 bits per heavy atom. The molecule has 0 spiro atoms. The van der Waals surface area contributed by atoms with Crippen molar-refractivity contribution in [3.05, 3.63) is 0 Å². The number of carbonyl (C=O) groups is 2. The van der Waals surface area contributed by atoms with E-state index in [-0.39, 0.29) is 0 Å². The highest BCUT2D eigenvalue weighted by molar-refractivity contribution is 6.31. The van der Waals surface area contributed by atoms with Gasteiger partial charge in [0.1, 0.15) is 0 Å². The molecular formula is C12H24BF2NO7. The van der Waals surface area contributed by atoms with E-state index in [1.165, 1.54) is 30.7 Å². The van der Waals surface area contributed by atoms with Crippen molar-refractivity contribution in [2.75, 3.05) is 39.5 Å². The molecule has 0 saturated carbocycles. The summed E-state index contributed by atoms with van der Waals surface area (Å²) in [6.07, 6.45) is 0. The van der Waals surface area contributed by atoms with Crippen molar-refractivity contribution >= 4 is 19.3 Å². The first-order chi connectivity index (χ1) is 10.8. The summed E-state index contributed by atoms with van der Waals surface area (Å²) in [5.74, 6) is -2.93. The number of quaternary nitrogens is 1. The summed E-state index contributed by atoms with van der Waals surface area (Å²) >= 11 is 0. The van der Waals surface area contributed by atoms with Crippen molar-refractivity contribution in [1.82, 2.24) is 0 Å². The Labute approximate surface area is 134 Å². The zero-order chi connectivity index (χ0) is 18.3. The van der Waals surface area contributed by atoms with E-state index in [0.29, 0.717) is 0 Å². The predicted molar refractivity (Wildman–Crippen MR) is 74.5 cm³/mol. The van der Waals surface area contributed by atoms with Crippen LogP contribution in [0.4, 0.5) is 8.78 Å².